The van der Waals surface area contributed by atoms with Gasteiger partial charge in [0.2, 0.25) is 0 Å². The van der Waals surface area contributed by atoms with Crippen molar-refractivity contribution in [2.45, 2.75) is 17.3 Å². The number of thioether (sulfide) groups is 1. The van der Waals surface area contributed by atoms with Crippen molar-refractivity contribution in [3.8, 4) is 0 Å². The molecule has 6 heteroatoms. The number of hydrogen-bond acceptors (Lipinski definition) is 5. The fraction of sp³-hybridized carbons (Fsp3) is 0.857. The minimum absolute atomic E-state index is 0.116. The smallest absolute Gasteiger partial charge is 0.407 e. The van der Waals surface area contributed by atoms with Crippen LogP contribution in [0, 0.1) is 0 Å². The highest BCUT2D eigenvalue weighted by atomic mass is 32.2. The summed E-state index contributed by atoms with van der Waals surface area (Å²) in [6.07, 6.45) is -0.375. The van der Waals surface area contributed by atoms with Crippen molar-refractivity contribution in [3.05, 3.63) is 0 Å². The summed E-state index contributed by atoms with van der Waals surface area (Å²) in [5.41, 5.74) is 2.91. The number of hydroxylamine groups is 1. The molecule has 74 valence electrons. The number of carbonyl (C=O) groups is 1. The Hall–Kier alpha value is -0.460. The van der Waals surface area contributed by atoms with Crippen LogP contribution < -0.4 is 10.8 Å². The van der Waals surface area contributed by atoms with Gasteiger partial charge in [-0.15, -0.1) is 0 Å². The number of ether oxygens (including phenoxy) is 1. The Morgan fingerprint density at radius 2 is 2.62 bits per heavy atom. The minimum Gasteiger partial charge on any atom is -0.453 e. The molecule has 3 unspecified atom stereocenters. The van der Waals surface area contributed by atoms with E-state index in [9.17, 15) is 4.79 Å². The predicted molar refractivity (Wildman–Crippen MR) is 48.5 cm³/mol. The first-order chi connectivity index (χ1) is 6.31. The molecule has 2 saturated heterocycles. The summed E-state index contributed by atoms with van der Waals surface area (Å²) < 4.78 is 4.53. The zero-order valence-electron chi connectivity index (χ0n) is 7.28. The van der Waals surface area contributed by atoms with E-state index >= 15 is 0 Å². The Labute approximate surface area is 80.5 Å². The number of nitrogens with one attached hydrogen (secondary N) is 2. The maximum Gasteiger partial charge on any atom is 0.407 e. The average molecular weight is 204 g/mol. The molecular formula is C7H12N2O3S. The van der Waals surface area contributed by atoms with Crippen LogP contribution in [0.2, 0.25) is 0 Å². The number of rotatable bonds is 1. The molecule has 0 aromatic carbocycles. The predicted octanol–water partition coefficient (Wildman–Crippen LogP) is -0.270. The van der Waals surface area contributed by atoms with Crippen LogP contribution >= 0.6 is 11.8 Å². The molecule has 1 amide bonds. The van der Waals surface area contributed by atoms with E-state index < -0.39 is 0 Å². The van der Waals surface area contributed by atoms with Gasteiger partial charge in [-0.25, -0.2) is 4.79 Å². The molecule has 13 heavy (non-hydrogen) atoms. The van der Waals surface area contributed by atoms with Gasteiger partial charge >= 0.3 is 6.09 Å². The van der Waals surface area contributed by atoms with Crippen LogP contribution in [-0.2, 0) is 9.57 Å². The Morgan fingerprint density at radius 1 is 1.77 bits per heavy atom. The summed E-state index contributed by atoms with van der Waals surface area (Å²) in [6.45, 7) is 0.717. The second kappa shape index (κ2) is 3.73. The van der Waals surface area contributed by atoms with E-state index in [2.05, 4.69) is 15.5 Å². The normalized spacial score (nSPS) is 37.2. The number of hydrogen-bond donors (Lipinski definition) is 2. The van der Waals surface area contributed by atoms with Crippen molar-refractivity contribution in [2.75, 3.05) is 19.5 Å². The van der Waals surface area contributed by atoms with E-state index in [4.69, 9.17) is 4.84 Å². The lowest BCUT2D eigenvalue weighted by molar-refractivity contribution is 0.0817. The van der Waals surface area contributed by atoms with Crippen molar-refractivity contribution in [3.63, 3.8) is 0 Å². The van der Waals surface area contributed by atoms with Crippen LogP contribution in [0.25, 0.3) is 0 Å². The summed E-state index contributed by atoms with van der Waals surface area (Å²) >= 11 is 1.82. The van der Waals surface area contributed by atoms with Crippen LogP contribution in [0.5, 0.6) is 0 Å². The standard InChI is InChI=1S/C7H12N2O3S/c1-11-7(10)8-4-3-13-5-2-12-9-6(4)5/h4-6,9H,2-3H2,1H3,(H,8,10). The first-order valence-electron chi connectivity index (χ1n) is 4.14. The molecule has 2 fully saturated rings. The SMILES string of the molecule is COC(=O)NC1CSC2CONC12. The number of alkyl carbamates (subject to hydrolysis) is 1. The second-order valence-electron chi connectivity index (χ2n) is 3.07. The van der Waals surface area contributed by atoms with Crippen LogP contribution in [0.15, 0.2) is 0 Å². The Morgan fingerprint density at radius 3 is 3.38 bits per heavy atom. The number of carbonyl (C=O) groups excluding carboxylic acids is 1. The second-order valence-corrected chi connectivity index (χ2v) is 4.34. The van der Waals surface area contributed by atoms with Crippen molar-refractivity contribution < 1.29 is 14.4 Å². The molecule has 0 aliphatic carbocycles. The molecule has 0 bridgehead atoms. The van der Waals surface area contributed by atoms with E-state index in [1.165, 1.54) is 7.11 Å². The highest BCUT2D eigenvalue weighted by molar-refractivity contribution is 8.00. The topological polar surface area (TPSA) is 59.6 Å². The first kappa shape index (κ1) is 9.11. The Bertz CT molecular complexity index is 214. The number of fused-ring (bicyclic) bond motifs is 1. The third-order valence-corrected chi connectivity index (χ3v) is 3.69. The molecule has 3 atom stereocenters. The monoisotopic (exact) mass is 204 g/mol. The zero-order valence-corrected chi connectivity index (χ0v) is 8.10. The van der Waals surface area contributed by atoms with E-state index in [1.807, 2.05) is 11.8 Å². The lowest BCUT2D eigenvalue weighted by Gasteiger charge is -2.16. The van der Waals surface area contributed by atoms with Crippen LogP contribution in [-0.4, -0.2) is 42.9 Å². The van der Waals surface area contributed by atoms with Crippen molar-refractivity contribution in [2.24, 2.45) is 0 Å². The molecule has 0 saturated carbocycles. The largest absolute Gasteiger partial charge is 0.453 e. The van der Waals surface area contributed by atoms with Gasteiger partial charge in [0.1, 0.15) is 0 Å². The van der Waals surface area contributed by atoms with Gasteiger partial charge in [-0.1, -0.05) is 0 Å². The van der Waals surface area contributed by atoms with Gasteiger partial charge < -0.3 is 14.9 Å². The summed E-state index contributed by atoms with van der Waals surface area (Å²) in [7, 11) is 1.37. The third kappa shape index (κ3) is 1.74. The molecule has 0 aromatic rings. The zero-order chi connectivity index (χ0) is 9.26. The van der Waals surface area contributed by atoms with Gasteiger partial charge in [-0.05, 0) is 0 Å². The maximum atomic E-state index is 10.9. The van der Waals surface area contributed by atoms with Crippen molar-refractivity contribution in [1.82, 2.24) is 10.8 Å². The third-order valence-electron chi connectivity index (χ3n) is 2.28. The molecule has 0 radical (unpaired) electrons. The van der Waals surface area contributed by atoms with E-state index in [-0.39, 0.29) is 18.2 Å². The molecular weight excluding hydrogens is 192 g/mol. The van der Waals surface area contributed by atoms with Crippen LogP contribution in [0.1, 0.15) is 0 Å². The molecule has 2 N–H and O–H groups in total. The molecule has 2 aliphatic heterocycles. The van der Waals surface area contributed by atoms with Crippen LogP contribution in [0.4, 0.5) is 4.79 Å². The van der Waals surface area contributed by atoms with Crippen molar-refractivity contribution in [1.29, 1.82) is 0 Å². The highest BCUT2D eigenvalue weighted by Gasteiger charge is 2.41. The van der Waals surface area contributed by atoms with Gasteiger partial charge in [0.05, 0.1) is 25.8 Å². The average Bonchev–Trinajstić information content (AvgIpc) is 2.69. The number of amides is 1. The molecule has 2 rings (SSSR count). The molecule has 0 aromatic heterocycles. The molecule has 2 heterocycles. The summed E-state index contributed by atoms with van der Waals surface area (Å²) in [4.78, 5) is 16.0. The van der Waals surface area contributed by atoms with Crippen LogP contribution in [0.3, 0.4) is 0 Å². The van der Waals surface area contributed by atoms with Gasteiger partial charge in [-0.3, -0.25) is 0 Å². The molecule has 0 spiro atoms. The quantitative estimate of drug-likeness (QED) is 0.615. The van der Waals surface area contributed by atoms with E-state index in [0.29, 0.717) is 11.9 Å². The summed E-state index contributed by atoms with van der Waals surface area (Å²) in [6, 6.07) is 0.342. The van der Waals surface area contributed by atoms with E-state index in [0.717, 1.165) is 5.75 Å². The Kier molecular flexibility index (Phi) is 2.61. The van der Waals surface area contributed by atoms with Crippen molar-refractivity contribution >= 4 is 17.9 Å². The maximum absolute atomic E-state index is 10.9. The fourth-order valence-corrected chi connectivity index (χ4v) is 2.93. The van der Waals surface area contributed by atoms with Gasteiger partial charge in [0.25, 0.3) is 0 Å². The fourth-order valence-electron chi connectivity index (χ4n) is 1.57. The van der Waals surface area contributed by atoms with Gasteiger partial charge in [0, 0.05) is 11.0 Å². The number of methoxy groups -OCH3 is 1. The highest BCUT2D eigenvalue weighted by Crippen LogP contribution is 2.30. The lowest BCUT2D eigenvalue weighted by atomic mass is 10.1. The molecule has 2 aliphatic rings. The lowest BCUT2D eigenvalue weighted by Crippen LogP contribution is -2.47. The van der Waals surface area contributed by atoms with E-state index in [1.54, 1.807) is 0 Å². The first-order valence-corrected chi connectivity index (χ1v) is 5.19. The summed E-state index contributed by atoms with van der Waals surface area (Å²) in [5.74, 6) is 0.917. The van der Waals surface area contributed by atoms with Gasteiger partial charge in [0.15, 0.2) is 0 Å². The minimum atomic E-state index is -0.375. The Balaban J connectivity index is 1.90. The summed E-state index contributed by atoms with van der Waals surface area (Å²) in [5, 5.41) is 3.24. The van der Waals surface area contributed by atoms with Gasteiger partial charge in [-0.2, -0.15) is 17.2 Å². The molecule has 5 nitrogen and oxygen atoms in total.